The molecule has 1 saturated heterocycles. The molecule has 0 aliphatic carbocycles. The summed E-state index contributed by atoms with van der Waals surface area (Å²) < 4.78 is 0. The van der Waals surface area contributed by atoms with E-state index in [4.69, 9.17) is 0 Å². The first kappa shape index (κ1) is 10.0. The molecule has 16 heavy (non-hydrogen) atoms. The summed E-state index contributed by atoms with van der Waals surface area (Å²) in [7, 11) is 1.93. The van der Waals surface area contributed by atoms with Crippen molar-refractivity contribution in [2.45, 2.75) is 25.3 Å². The summed E-state index contributed by atoms with van der Waals surface area (Å²) in [5, 5.41) is 0. The highest BCUT2D eigenvalue weighted by Gasteiger charge is 2.31. The van der Waals surface area contributed by atoms with E-state index < -0.39 is 0 Å². The maximum atomic E-state index is 4.40. The first-order chi connectivity index (χ1) is 7.88. The zero-order chi connectivity index (χ0) is 11.0. The highest BCUT2D eigenvalue weighted by Crippen LogP contribution is 2.35. The molecule has 0 saturated carbocycles. The van der Waals surface area contributed by atoms with E-state index in [0.29, 0.717) is 6.04 Å². The van der Waals surface area contributed by atoms with Gasteiger partial charge in [-0.15, -0.1) is 0 Å². The van der Waals surface area contributed by atoms with E-state index in [0.717, 1.165) is 12.8 Å². The average molecular weight is 214 g/mol. The Kier molecular flexibility index (Phi) is 2.52. The molecule has 1 fully saturated rings. The molecule has 2 aliphatic rings. The Bertz CT molecular complexity index is 422. The molecule has 1 aromatic carbocycles. The summed E-state index contributed by atoms with van der Waals surface area (Å²) in [6.07, 6.45) is 3.51. The Balaban J connectivity index is 1.96. The number of benzene rings is 1. The Morgan fingerprint density at radius 2 is 2.00 bits per heavy atom. The summed E-state index contributed by atoms with van der Waals surface area (Å²) in [6.45, 7) is 2.41. The Hall–Kier alpha value is -1.15. The average Bonchev–Trinajstić information content (AvgIpc) is 2.38. The van der Waals surface area contributed by atoms with Crippen LogP contribution in [0.4, 0.5) is 0 Å². The van der Waals surface area contributed by atoms with Crippen LogP contribution in [0.3, 0.4) is 0 Å². The molecular formula is C14H18N2. The van der Waals surface area contributed by atoms with E-state index in [1.807, 2.05) is 7.05 Å². The van der Waals surface area contributed by atoms with Gasteiger partial charge < -0.3 is 0 Å². The summed E-state index contributed by atoms with van der Waals surface area (Å²) in [5.41, 5.74) is 4.47. The van der Waals surface area contributed by atoms with Gasteiger partial charge in [0.25, 0.3) is 0 Å². The highest BCUT2D eigenvalue weighted by molar-refractivity contribution is 5.86. The third-order valence-electron chi connectivity index (χ3n) is 3.96. The van der Waals surface area contributed by atoms with Crippen LogP contribution in [0.5, 0.6) is 0 Å². The monoisotopic (exact) mass is 214 g/mol. The molecule has 2 nitrogen and oxygen atoms in total. The van der Waals surface area contributed by atoms with Crippen molar-refractivity contribution in [3.63, 3.8) is 0 Å². The summed E-state index contributed by atoms with van der Waals surface area (Å²) in [6, 6.07) is 9.50. The van der Waals surface area contributed by atoms with Crippen LogP contribution in [-0.2, 0) is 6.42 Å². The van der Waals surface area contributed by atoms with E-state index in [9.17, 15) is 0 Å². The van der Waals surface area contributed by atoms with Gasteiger partial charge in [-0.3, -0.25) is 9.89 Å². The van der Waals surface area contributed by atoms with Gasteiger partial charge in [0, 0.05) is 38.3 Å². The molecule has 1 aromatic rings. The van der Waals surface area contributed by atoms with Crippen LogP contribution < -0.4 is 0 Å². The van der Waals surface area contributed by atoms with Gasteiger partial charge in [0.05, 0.1) is 0 Å². The molecule has 0 spiro atoms. The Morgan fingerprint density at radius 3 is 2.88 bits per heavy atom. The number of hydrogen-bond donors (Lipinski definition) is 0. The van der Waals surface area contributed by atoms with Crippen molar-refractivity contribution in [1.82, 2.24) is 4.90 Å². The molecule has 2 aliphatic heterocycles. The minimum Gasteiger partial charge on any atom is -0.297 e. The fourth-order valence-corrected chi connectivity index (χ4v) is 3.01. The topological polar surface area (TPSA) is 15.6 Å². The lowest BCUT2D eigenvalue weighted by Crippen LogP contribution is -2.41. The number of fused-ring (bicyclic) bond motifs is 3. The minimum atomic E-state index is 0.595. The van der Waals surface area contributed by atoms with Gasteiger partial charge in [-0.2, -0.15) is 0 Å². The van der Waals surface area contributed by atoms with Gasteiger partial charge in [0.2, 0.25) is 0 Å². The van der Waals surface area contributed by atoms with E-state index in [1.54, 1.807) is 5.56 Å². The van der Waals surface area contributed by atoms with Gasteiger partial charge in [-0.05, 0) is 24.0 Å². The summed E-state index contributed by atoms with van der Waals surface area (Å²) in [5.74, 6) is 0. The van der Waals surface area contributed by atoms with Gasteiger partial charge in [0.15, 0.2) is 0 Å². The van der Waals surface area contributed by atoms with Crippen molar-refractivity contribution < 1.29 is 0 Å². The predicted octanol–water partition coefficient (Wildman–Crippen LogP) is 2.45. The molecular weight excluding hydrogens is 196 g/mol. The van der Waals surface area contributed by atoms with Crippen molar-refractivity contribution in [1.29, 1.82) is 0 Å². The standard InChI is InChI=1S/C14H18N2/c1-15-12-7-9-16-8-6-11-4-2-3-5-13(11)14(16)10-12/h2-5,14H,6-10H2,1H3/t14-/m1/s1. The van der Waals surface area contributed by atoms with Crippen molar-refractivity contribution in [2.24, 2.45) is 4.99 Å². The smallest absolute Gasteiger partial charge is 0.0403 e. The van der Waals surface area contributed by atoms with E-state index in [2.05, 4.69) is 34.2 Å². The lowest BCUT2D eigenvalue weighted by molar-refractivity contribution is 0.180. The second-order valence-electron chi connectivity index (χ2n) is 4.74. The molecule has 0 radical (unpaired) electrons. The van der Waals surface area contributed by atoms with Crippen LogP contribution in [-0.4, -0.2) is 30.7 Å². The molecule has 0 unspecified atom stereocenters. The zero-order valence-electron chi connectivity index (χ0n) is 9.82. The number of hydrogen-bond acceptors (Lipinski definition) is 2. The van der Waals surface area contributed by atoms with Crippen LogP contribution in [0.1, 0.15) is 30.0 Å². The minimum absolute atomic E-state index is 0.595. The molecule has 0 aromatic heterocycles. The van der Waals surface area contributed by atoms with Crippen molar-refractivity contribution in [3.8, 4) is 0 Å². The SMILES string of the molecule is CN=C1CCN2CCc3ccccc3[C@H]2C1. The van der Waals surface area contributed by atoms with E-state index in [-0.39, 0.29) is 0 Å². The van der Waals surface area contributed by atoms with Gasteiger partial charge in [-0.1, -0.05) is 24.3 Å². The van der Waals surface area contributed by atoms with Gasteiger partial charge in [-0.25, -0.2) is 0 Å². The van der Waals surface area contributed by atoms with Crippen LogP contribution in [0.25, 0.3) is 0 Å². The van der Waals surface area contributed by atoms with Gasteiger partial charge >= 0.3 is 0 Å². The number of aliphatic imine (C=N–C) groups is 1. The van der Waals surface area contributed by atoms with Crippen LogP contribution in [0, 0.1) is 0 Å². The van der Waals surface area contributed by atoms with Gasteiger partial charge in [0.1, 0.15) is 0 Å². The molecule has 3 rings (SSSR count). The maximum absolute atomic E-state index is 4.40. The second-order valence-corrected chi connectivity index (χ2v) is 4.74. The molecule has 84 valence electrons. The zero-order valence-corrected chi connectivity index (χ0v) is 9.82. The third-order valence-corrected chi connectivity index (χ3v) is 3.96. The molecule has 0 bridgehead atoms. The Labute approximate surface area is 97.0 Å². The normalized spacial score (nSPS) is 27.6. The first-order valence-electron chi connectivity index (χ1n) is 6.15. The van der Waals surface area contributed by atoms with Crippen LogP contribution >= 0.6 is 0 Å². The summed E-state index contributed by atoms with van der Waals surface area (Å²) in [4.78, 5) is 7.02. The molecule has 0 amide bonds. The third kappa shape index (κ3) is 1.57. The van der Waals surface area contributed by atoms with Crippen LogP contribution in [0.15, 0.2) is 29.3 Å². The fraction of sp³-hybridized carbons (Fsp3) is 0.500. The van der Waals surface area contributed by atoms with Crippen molar-refractivity contribution in [3.05, 3.63) is 35.4 Å². The predicted molar refractivity (Wildman–Crippen MR) is 67.1 cm³/mol. The molecule has 2 heteroatoms. The van der Waals surface area contributed by atoms with E-state index >= 15 is 0 Å². The Morgan fingerprint density at radius 1 is 1.19 bits per heavy atom. The quantitative estimate of drug-likeness (QED) is 0.647. The molecule has 0 N–H and O–H groups in total. The molecule has 2 heterocycles. The highest BCUT2D eigenvalue weighted by atomic mass is 15.2. The first-order valence-corrected chi connectivity index (χ1v) is 6.15. The largest absolute Gasteiger partial charge is 0.297 e. The van der Waals surface area contributed by atoms with Crippen LogP contribution in [0.2, 0.25) is 0 Å². The lowest BCUT2D eigenvalue weighted by atomic mass is 9.86. The van der Waals surface area contributed by atoms with E-state index in [1.165, 1.54) is 30.8 Å². The maximum Gasteiger partial charge on any atom is 0.0403 e. The number of piperidine rings is 1. The summed E-state index contributed by atoms with van der Waals surface area (Å²) >= 11 is 0. The number of nitrogens with zero attached hydrogens (tertiary/aromatic N) is 2. The fourth-order valence-electron chi connectivity index (χ4n) is 3.01. The van der Waals surface area contributed by atoms with Crippen molar-refractivity contribution in [2.75, 3.05) is 20.1 Å². The second kappa shape index (κ2) is 4.02. The lowest BCUT2D eigenvalue weighted by Gasteiger charge is -2.41. The van der Waals surface area contributed by atoms with Crippen molar-refractivity contribution >= 4 is 5.71 Å². The number of rotatable bonds is 0. The molecule has 1 atom stereocenters.